The topological polar surface area (TPSA) is 0 Å². The molecule has 2 aliphatic rings. The number of unbranched alkanes of at least 4 members (excludes halogenated alkanes) is 1. The molecule has 1 aliphatic carbocycles. The highest BCUT2D eigenvalue weighted by Crippen LogP contribution is 2.42. The Morgan fingerprint density at radius 1 is 1.21 bits per heavy atom. The van der Waals surface area contributed by atoms with Crippen molar-refractivity contribution in [2.24, 2.45) is 0 Å². The zero-order valence-electron chi connectivity index (χ0n) is 9.22. The molecular weight excluding hydrogens is 187 g/mol. The van der Waals surface area contributed by atoms with Crippen LogP contribution in [0, 0.1) is 0 Å². The Bertz CT molecular complexity index is 378. The van der Waals surface area contributed by atoms with Crippen LogP contribution in [-0.4, -0.2) is 5.29 Å². The number of allylic oxidation sites excluding steroid dienone is 6. The van der Waals surface area contributed by atoms with Crippen molar-refractivity contribution in [2.75, 3.05) is 0 Å². The fourth-order valence-corrected chi connectivity index (χ4v) is 3.40. The normalized spacial score (nSPS) is 20.6. The molecule has 0 aromatic carbocycles. The first-order valence-electron chi connectivity index (χ1n) is 5.41. The van der Waals surface area contributed by atoms with Crippen LogP contribution in [0.15, 0.2) is 34.2 Å². The van der Waals surface area contributed by atoms with E-state index in [1.807, 2.05) is 0 Å². The lowest BCUT2D eigenvalue weighted by atomic mass is 10.0. The number of fused-ring (bicyclic) bond motifs is 1. The summed E-state index contributed by atoms with van der Waals surface area (Å²) in [7, 11) is 1.45. The minimum absolute atomic E-state index is 1.27. The van der Waals surface area contributed by atoms with Crippen LogP contribution in [0.2, 0.25) is 0 Å². The molecule has 0 unspecified atom stereocenters. The van der Waals surface area contributed by atoms with Crippen LogP contribution in [0.5, 0.6) is 0 Å². The molecule has 0 saturated heterocycles. The SMILES string of the molecule is CCCCC1=C2C=C(C)C=C2P=C1C. The van der Waals surface area contributed by atoms with Crippen molar-refractivity contribution in [3.05, 3.63) is 34.2 Å². The summed E-state index contributed by atoms with van der Waals surface area (Å²) in [6, 6.07) is 0. The Balaban J connectivity index is 2.28. The van der Waals surface area contributed by atoms with Gasteiger partial charge in [-0.3, -0.25) is 0 Å². The summed E-state index contributed by atoms with van der Waals surface area (Å²) in [6.45, 7) is 6.74. The molecule has 14 heavy (non-hydrogen) atoms. The third kappa shape index (κ3) is 1.64. The maximum Gasteiger partial charge on any atom is 0.00985 e. The average Bonchev–Trinajstić information content (AvgIpc) is 2.58. The van der Waals surface area contributed by atoms with Gasteiger partial charge in [-0.15, -0.1) is 0 Å². The van der Waals surface area contributed by atoms with Gasteiger partial charge in [0.15, 0.2) is 0 Å². The van der Waals surface area contributed by atoms with Gasteiger partial charge in [-0.25, -0.2) is 0 Å². The minimum Gasteiger partial charge on any atom is -0.0654 e. The summed E-state index contributed by atoms with van der Waals surface area (Å²) in [6.07, 6.45) is 8.57. The highest BCUT2D eigenvalue weighted by molar-refractivity contribution is 7.47. The van der Waals surface area contributed by atoms with Gasteiger partial charge in [0, 0.05) is 5.31 Å². The van der Waals surface area contributed by atoms with Crippen molar-refractivity contribution in [1.29, 1.82) is 0 Å². The van der Waals surface area contributed by atoms with Crippen LogP contribution in [0.25, 0.3) is 0 Å². The lowest BCUT2D eigenvalue weighted by Gasteiger charge is -2.04. The van der Waals surface area contributed by atoms with Crippen molar-refractivity contribution >= 4 is 13.5 Å². The van der Waals surface area contributed by atoms with Crippen LogP contribution in [-0.2, 0) is 0 Å². The highest BCUT2D eigenvalue weighted by atomic mass is 31.1. The lowest BCUT2D eigenvalue weighted by molar-refractivity contribution is 0.802. The van der Waals surface area contributed by atoms with Crippen LogP contribution in [0.3, 0.4) is 0 Å². The van der Waals surface area contributed by atoms with E-state index in [0.717, 1.165) is 0 Å². The van der Waals surface area contributed by atoms with Gasteiger partial charge in [0.2, 0.25) is 0 Å². The van der Waals surface area contributed by atoms with Gasteiger partial charge in [-0.1, -0.05) is 27.6 Å². The predicted octanol–water partition coefficient (Wildman–Crippen LogP) is 4.47. The molecule has 74 valence electrons. The van der Waals surface area contributed by atoms with E-state index in [0.29, 0.717) is 0 Å². The van der Waals surface area contributed by atoms with E-state index in [4.69, 9.17) is 0 Å². The second-order valence-corrected chi connectivity index (χ2v) is 5.49. The summed E-state index contributed by atoms with van der Waals surface area (Å²) in [5.41, 5.74) is 4.58. The van der Waals surface area contributed by atoms with Gasteiger partial charge < -0.3 is 0 Å². The molecule has 0 amide bonds. The zero-order valence-corrected chi connectivity index (χ0v) is 10.1. The van der Waals surface area contributed by atoms with E-state index in [2.05, 4.69) is 32.9 Å². The van der Waals surface area contributed by atoms with Gasteiger partial charge in [0.25, 0.3) is 0 Å². The number of rotatable bonds is 3. The fourth-order valence-electron chi connectivity index (χ4n) is 2.08. The quantitative estimate of drug-likeness (QED) is 0.595. The Morgan fingerprint density at radius 2 is 2.00 bits per heavy atom. The molecule has 0 nitrogen and oxygen atoms in total. The standard InChI is InChI=1S/C13H17P/c1-4-5-6-11-10(3)14-13-8-9(2)7-12(11)13/h7-8H,4-6H2,1-3H3. The summed E-state index contributed by atoms with van der Waals surface area (Å²) in [4.78, 5) is 0. The van der Waals surface area contributed by atoms with Crippen molar-refractivity contribution in [1.82, 2.24) is 0 Å². The average molecular weight is 204 g/mol. The predicted molar refractivity (Wildman–Crippen MR) is 66.0 cm³/mol. The van der Waals surface area contributed by atoms with Gasteiger partial charge in [0.1, 0.15) is 0 Å². The molecular formula is C13H17P. The summed E-state index contributed by atoms with van der Waals surface area (Å²) >= 11 is 0. The molecule has 0 radical (unpaired) electrons. The van der Waals surface area contributed by atoms with Crippen molar-refractivity contribution in [2.45, 2.75) is 40.0 Å². The maximum absolute atomic E-state index is 2.35. The number of hydrogen-bond donors (Lipinski definition) is 0. The molecule has 1 aliphatic heterocycles. The molecule has 0 aromatic heterocycles. The zero-order chi connectivity index (χ0) is 10.1. The Hall–Kier alpha value is -0.610. The molecule has 0 saturated carbocycles. The molecule has 2 rings (SSSR count). The Kier molecular flexibility index (Phi) is 2.74. The molecule has 1 heteroatoms. The van der Waals surface area contributed by atoms with E-state index in [1.54, 1.807) is 10.9 Å². The monoisotopic (exact) mass is 204 g/mol. The van der Waals surface area contributed by atoms with Crippen molar-refractivity contribution < 1.29 is 0 Å². The van der Waals surface area contributed by atoms with Gasteiger partial charge >= 0.3 is 0 Å². The molecule has 0 atom stereocenters. The Morgan fingerprint density at radius 3 is 2.71 bits per heavy atom. The molecule has 0 N–H and O–H groups in total. The first-order valence-corrected chi connectivity index (χ1v) is 6.31. The third-order valence-electron chi connectivity index (χ3n) is 2.84. The van der Waals surface area contributed by atoms with E-state index in [9.17, 15) is 0 Å². The van der Waals surface area contributed by atoms with Gasteiger partial charge in [0.05, 0.1) is 0 Å². The van der Waals surface area contributed by atoms with Crippen molar-refractivity contribution in [3.63, 3.8) is 0 Å². The Labute approximate surface area is 88.2 Å². The van der Waals surface area contributed by atoms with Crippen LogP contribution >= 0.6 is 8.20 Å². The largest absolute Gasteiger partial charge is 0.0654 e. The van der Waals surface area contributed by atoms with Crippen LogP contribution < -0.4 is 0 Å². The first-order chi connectivity index (χ1) is 6.72. The van der Waals surface area contributed by atoms with E-state index in [1.165, 1.54) is 43.9 Å². The maximum atomic E-state index is 2.35. The molecule has 0 aromatic rings. The van der Waals surface area contributed by atoms with Gasteiger partial charge in [-0.05, 0) is 54.8 Å². The summed E-state index contributed by atoms with van der Waals surface area (Å²) < 4.78 is 0. The number of hydrogen-bond acceptors (Lipinski definition) is 0. The second kappa shape index (κ2) is 3.87. The molecule has 0 bridgehead atoms. The summed E-state index contributed by atoms with van der Waals surface area (Å²) in [5.74, 6) is 0. The third-order valence-corrected chi connectivity index (χ3v) is 4.06. The van der Waals surface area contributed by atoms with Gasteiger partial charge in [-0.2, -0.15) is 0 Å². The molecule has 0 spiro atoms. The van der Waals surface area contributed by atoms with Crippen LogP contribution in [0.1, 0.15) is 40.0 Å². The van der Waals surface area contributed by atoms with E-state index >= 15 is 0 Å². The molecule has 1 heterocycles. The van der Waals surface area contributed by atoms with Crippen LogP contribution in [0.4, 0.5) is 0 Å². The minimum atomic E-state index is 1.27. The molecule has 0 fully saturated rings. The highest BCUT2D eigenvalue weighted by Gasteiger charge is 2.20. The van der Waals surface area contributed by atoms with E-state index < -0.39 is 0 Å². The summed E-state index contributed by atoms with van der Waals surface area (Å²) in [5, 5.41) is 3.11. The van der Waals surface area contributed by atoms with E-state index in [-0.39, 0.29) is 0 Å². The second-order valence-electron chi connectivity index (χ2n) is 4.11. The first kappa shape index (κ1) is 9.93. The fraction of sp³-hybridized carbons (Fsp3) is 0.462. The smallest absolute Gasteiger partial charge is 0.00985 e. The van der Waals surface area contributed by atoms with Crippen molar-refractivity contribution in [3.8, 4) is 0 Å². The lowest BCUT2D eigenvalue weighted by Crippen LogP contribution is -1.93.